The lowest BCUT2D eigenvalue weighted by atomic mass is 9.94. The zero-order valence-corrected chi connectivity index (χ0v) is 15.0. The van der Waals surface area contributed by atoms with E-state index in [-0.39, 0.29) is 29.6 Å². The van der Waals surface area contributed by atoms with Gasteiger partial charge in [-0.15, -0.1) is 0 Å². The number of carbonyl (C=O) groups excluding carboxylic acids is 2. The highest BCUT2D eigenvalue weighted by atomic mass is 19.1. The molecule has 2 unspecified atom stereocenters. The van der Waals surface area contributed by atoms with Gasteiger partial charge in [0, 0.05) is 31.4 Å². The van der Waals surface area contributed by atoms with Crippen LogP contribution in [0.5, 0.6) is 0 Å². The summed E-state index contributed by atoms with van der Waals surface area (Å²) >= 11 is 0. The lowest BCUT2D eigenvalue weighted by Crippen LogP contribution is -2.29. The predicted octanol–water partition coefficient (Wildman–Crippen LogP) is 2.14. The van der Waals surface area contributed by atoms with E-state index < -0.39 is 0 Å². The number of hydrogen-bond donors (Lipinski definition) is 3. The van der Waals surface area contributed by atoms with Crippen LogP contribution in [0.25, 0.3) is 0 Å². The van der Waals surface area contributed by atoms with E-state index in [2.05, 4.69) is 16.2 Å². The van der Waals surface area contributed by atoms with Crippen molar-refractivity contribution in [2.75, 3.05) is 23.3 Å². The first kappa shape index (κ1) is 17.6. The van der Waals surface area contributed by atoms with Crippen LogP contribution in [-0.2, 0) is 16.0 Å². The zero-order valence-electron chi connectivity index (χ0n) is 15.0. The molecule has 0 radical (unpaired) electrons. The second kappa shape index (κ2) is 7.09. The summed E-state index contributed by atoms with van der Waals surface area (Å²) in [6.07, 6.45) is 0.781. The molecule has 0 aliphatic carbocycles. The van der Waals surface area contributed by atoms with Crippen LogP contribution in [0.4, 0.5) is 15.8 Å². The smallest absolute Gasteiger partial charge is 0.230 e. The Morgan fingerprint density at radius 1 is 1.19 bits per heavy atom. The van der Waals surface area contributed by atoms with E-state index in [1.807, 2.05) is 18.2 Å². The van der Waals surface area contributed by atoms with Crippen LogP contribution in [-0.4, -0.2) is 24.9 Å². The zero-order chi connectivity index (χ0) is 19.0. The number of rotatable bonds is 3. The fourth-order valence-electron chi connectivity index (χ4n) is 3.77. The normalized spacial score (nSPS) is 21.2. The second-order valence-electron chi connectivity index (χ2n) is 6.91. The number of fused-ring (bicyclic) bond motifs is 1. The largest absolute Gasteiger partial charge is 0.326 e. The number of nitrogens with one attached hydrogen (secondary N) is 3. The van der Waals surface area contributed by atoms with Crippen LogP contribution in [0.1, 0.15) is 24.1 Å². The highest BCUT2D eigenvalue weighted by Gasteiger charge is 2.34. The van der Waals surface area contributed by atoms with Crippen molar-refractivity contribution < 1.29 is 14.0 Å². The first-order chi connectivity index (χ1) is 13.0. The van der Waals surface area contributed by atoms with E-state index in [1.165, 1.54) is 12.1 Å². The van der Waals surface area contributed by atoms with Gasteiger partial charge in [0.25, 0.3) is 0 Å². The second-order valence-corrected chi connectivity index (χ2v) is 6.91. The highest BCUT2D eigenvalue weighted by molar-refractivity contribution is 5.96. The fraction of sp³-hybridized carbons (Fsp3) is 0.300. The molecule has 140 valence electrons. The molecular weight excluding hydrogens is 347 g/mol. The van der Waals surface area contributed by atoms with Crippen LogP contribution in [0, 0.1) is 11.7 Å². The minimum atomic E-state index is -0.322. The molecule has 2 aromatic rings. The molecule has 2 heterocycles. The van der Waals surface area contributed by atoms with Crippen LogP contribution in [0.2, 0.25) is 0 Å². The predicted molar refractivity (Wildman–Crippen MR) is 101 cm³/mol. The average molecular weight is 368 g/mol. The van der Waals surface area contributed by atoms with E-state index >= 15 is 0 Å². The molecule has 4 rings (SSSR count). The van der Waals surface area contributed by atoms with Gasteiger partial charge in [-0.1, -0.05) is 12.1 Å². The number of carbonyl (C=O) groups is 2. The van der Waals surface area contributed by atoms with Crippen molar-refractivity contribution in [1.82, 2.24) is 10.9 Å². The molecule has 1 saturated heterocycles. The van der Waals surface area contributed by atoms with E-state index in [1.54, 1.807) is 24.0 Å². The Morgan fingerprint density at radius 3 is 2.70 bits per heavy atom. The SMILES string of the molecule is CC(=O)N1CCc2cc(NC(=O)C3CNNC3c3ccc(F)cc3)ccc21. The number of anilines is 2. The molecule has 0 aromatic heterocycles. The van der Waals surface area contributed by atoms with E-state index in [9.17, 15) is 14.0 Å². The van der Waals surface area contributed by atoms with E-state index in [4.69, 9.17) is 0 Å². The molecule has 0 bridgehead atoms. The molecule has 7 heteroatoms. The summed E-state index contributed by atoms with van der Waals surface area (Å²) in [6, 6.07) is 11.6. The fourth-order valence-corrected chi connectivity index (χ4v) is 3.77. The monoisotopic (exact) mass is 368 g/mol. The van der Waals surface area contributed by atoms with Crippen LogP contribution in [0.3, 0.4) is 0 Å². The third-order valence-electron chi connectivity index (χ3n) is 5.17. The van der Waals surface area contributed by atoms with Crippen molar-refractivity contribution >= 4 is 23.2 Å². The van der Waals surface area contributed by atoms with Gasteiger partial charge in [-0.2, -0.15) is 0 Å². The average Bonchev–Trinajstić information content (AvgIpc) is 3.29. The van der Waals surface area contributed by atoms with Crippen molar-refractivity contribution in [3.8, 4) is 0 Å². The van der Waals surface area contributed by atoms with Crippen molar-refractivity contribution in [2.45, 2.75) is 19.4 Å². The number of benzene rings is 2. The van der Waals surface area contributed by atoms with Crippen molar-refractivity contribution in [3.63, 3.8) is 0 Å². The minimum absolute atomic E-state index is 0.0239. The van der Waals surface area contributed by atoms with Crippen molar-refractivity contribution in [2.24, 2.45) is 5.92 Å². The van der Waals surface area contributed by atoms with Gasteiger partial charge in [0.15, 0.2) is 0 Å². The summed E-state index contributed by atoms with van der Waals surface area (Å²) in [7, 11) is 0. The van der Waals surface area contributed by atoms with Gasteiger partial charge in [-0.05, 0) is 47.9 Å². The number of halogens is 1. The molecule has 27 heavy (non-hydrogen) atoms. The molecule has 2 atom stereocenters. The maximum atomic E-state index is 13.2. The first-order valence-electron chi connectivity index (χ1n) is 8.98. The molecule has 0 spiro atoms. The van der Waals surface area contributed by atoms with Gasteiger partial charge in [0.2, 0.25) is 11.8 Å². The number of nitrogens with zero attached hydrogens (tertiary/aromatic N) is 1. The summed E-state index contributed by atoms with van der Waals surface area (Å²) in [6.45, 7) is 2.71. The summed E-state index contributed by atoms with van der Waals surface area (Å²) < 4.78 is 13.2. The topological polar surface area (TPSA) is 73.5 Å². The molecule has 2 aromatic carbocycles. The molecule has 6 nitrogen and oxygen atoms in total. The standard InChI is InChI=1S/C20H21FN4O2/c1-12(26)25-9-8-14-10-16(6-7-18(14)25)23-20(27)17-11-22-24-19(17)13-2-4-15(21)5-3-13/h2-7,10,17,19,22,24H,8-9,11H2,1H3,(H,23,27). The molecule has 3 N–H and O–H groups in total. The maximum Gasteiger partial charge on any atom is 0.230 e. The van der Waals surface area contributed by atoms with Crippen LogP contribution < -0.4 is 21.1 Å². The number of hydrogen-bond acceptors (Lipinski definition) is 4. The Hall–Kier alpha value is -2.77. The maximum absolute atomic E-state index is 13.2. The Balaban J connectivity index is 1.49. The molecule has 2 aliphatic heterocycles. The van der Waals surface area contributed by atoms with Crippen LogP contribution in [0.15, 0.2) is 42.5 Å². The Morgan fingerprint density at radius 2 is 1.96 bits per heavy atom. The summed E-state index contributed by atoms with van der Waals surface area (Å²) in [5.74, 6) is -0.708. The summed E-state index contributed by atoms with van der Waals surface area (Å²) in [5, 5.41) is 2.97. The molecule has 2 aliphatic rings. The van der Waals surface area contributed by atoms with E-state index in [0.717, 1.165) is 23.2 Å². The third-order valence-corrected chi connectivity index (χ3v) is 5.17. The molecular formula is C20H21FN4O2. The van der Waals surface area contributed by atoms with Gasteiger partial charge >= 0.3 is 0 Å². The van der Waals surface area contributed by atoms with Crippen LogP contribution >= 0.6 is 0 Å². The lowest BCUT2D eigenvalue weighted by molar-refractivity contribution is -0.120. The minimum Gasteiger partial charge on any atom is -0.326 e. The number of hydrazine groups is 1. The quantitative estimate of drug-likeness (QED) is 0.776. The Bertz CT molecular complexity index is 884. The van der Waals surface area contributed by atoms with E-state index in [0.29, 0.717) is 18.8 Å². The summed E-state index contributed by atoms with van der Waals surface area (Å²) in [5.41, 5.74) is 9.64. The van der Waals surface area contributed by atoms with Gasteiger partial charge in [-0.3, -0.25) is 15.0 Å². The molecule has 1 fully saturated rings. The third kappa shape index (κ3) is 3.43. The van der Waals surface area contributed by atoms with Crippen molar-refractivity contribution in [1.29, 1.82) is 0 Å². The number of amides is 2. The van der Waals surface area contributed by atoms with Gasteiger partial charge in [0.05, 0.1) is 12.0 Å². The van der Waals surface area contributed by atoms with Gasteiger partial charge in [-0.25, -0.2) is 9.82 Å². The lowest BCUT2D eigenvalue weighted by Gasteiger charge is -2.19. The van der Waals surface area contributed by atoms with Gasteiger partial charge < -0.3 is 10.2 Å². The molecule has 0 saturated carbocycles. The van der Waals surface area contributed by atoms with Crippen molar-refractivity contribution in [3.05, 3.63) is 59.4 Å². The first-order valence-corrected chi connectivity index (χ1v) is 8.98. The Kier molecular flexibility index (Phi) is 4.63. The highest BCUT2D eigenvalue weighted by Crippen LogP contribution is 2.31. The molecule has 2 amide bonds. The summed E-state index contributed by atoms with van der Waals surface area (Å²) in [4.78, 5) is 26.2. The Labute approximate surface area is 156 Å². The van der Waals surface area contributed by atoms with Gasteiger partial charge in [0.1, 0.15) is 5.82 Å².